The van der Waals surface area contributed by atoms with E-state index in [-0.39, 0.29) is 89.1 Å². The van der Waals surface area contributed by atoms with Crippen molar-refractivity contribution in [1.82, 2.24) is 15.0 Å². The third-order valence-corrected chi connectivity index (χ3v) is 17.3. The van der Waals surface area contributed by atoms with Gasteiger partial charge in [-0.2, -0.15) is 0 Å². The number of ketones is 1. The number of hydrogen-bond acceptors (Lipinski definition) is 16. The van der Waals surface area contributed by atoms with Gasteiger partial charge in [0.25, 0.3) is 0 Å². The summed E-state index contributed by atoms with van der Waals surface area (Å²) < 4.78 is 45.1. The Labute approximate surface area is 549 Å². The molecule has 0 bridgehead atoms. The van der Waals surface area contributed by atoms with Crippen LogP contribution in [0.1, 0.15) is 279 Å². The Morgan fingerprint density at radius 2 is 0.907 bits per heavy atom. The van der Waals surface area contributed by atoms with Gasteiger partial charge in [-0.25, -0.2) is 37.8 Å². The number of nitrogens with two attached hydrogens (primary N) is 1. The molecular weight excluding hydrogens is 1200 g/mol. The summed E-state index contributed by atoms with van der Waals surface area (Å²) in [5, 5.41) is 16.6. The minimum Gasteiger partial charge on any atom is -1.00 e. The minimum atomic E-state index is -3.19. The summed E-state index contributed by atoms with van der Waals surface area (Å²) in [7, 11) is 1.31. The van der Waals surface area contributed by atoms with Crippen LogP contribution in [0.3, 0.4) is 0 Å². The molecule has 5 aliphatic carbocycles. The van der Waals surface area contributed by atoms with E-state index in [1.54, 1.807) is 27.7 Å². The second-order valence-electron chi connectivity index (χ2n) is 24.2. The number of ether oxygens (including phenoxy) is 2. The van der Waals surface area contributed by atoms with E-state index >= 15 is 0 Å². The van der Waals surface area contributed by atoms with Crippen LogP contribution >= 0.6 is 33.9 Å². The van der Waals surface area contributed by atoms with E-state index in [0.29, 0.717) is 35.7 Å². The number of esters is 2. The summed E-state index contributed by atoms with van der Waals surface area (Å²) in [6, 6.07) is 0. The summed E-state index contributed by atoms with van der Waals surface area (Å²) in [5.41, 5.74) is 6.80. The standard InChI is InChI=1S/C14H21NO3.C12H18ClNO.C12H17NO3.C8H15NO.C8H14O2.C6H9ClO3.CH3ClO2S.Al.Li.4H/c1-4-17-12(16)11-10(2)15-13(18-11)14(3)8-6-5-7-9-14;1-9-10(8-13)15-11(14-9)12(2)6-4-3-5-7-12;1-8-9(10(14)15)16-11(13-8)12(2)6-4-3-5-7-12;2*1-8(7(9)10)5-3-2-4-6-8;1-3-10-6(9)5(7)4(2)8;1-5(2,3)4;;;;;;/h4-9H2,1-3H3;3-8H2,1-2H3;3-7H2,1-2H3,(H,14,15);2-6H2,1H3,(H2,9,10);2-6H2,1H3,(H,9,10);5H,3H2,1-2H3;1H3;;;;;;/q;;;;;;;;+1;;;;-1. The molecule has 3 aromatic rings. The van der Waals surface area contributed by atoms with E-state index in [4.69, 9.17) is 57.1 Å². The second-order valence-corrected chi connectivity index (χ2v) is 28.0. The topological polar surface area (TPSA) is 300 Å². The fourth-order valence-corrected chi connectivity index (χ4v) is 11.2. The number of carboxylic acids is 2. The first-order chi connectivity index (χ1) is 39.1. The average Bonchev–Trinajstić information content (AvgIpc) is 2.54. The van der Waals surface area contributed by atoms with Gasteiger partial charge in [0.05, 0.1) is 47.8 Å². The number of amides is 1. The summed E-state index contributed by atoms with van der Waals surface area (Å²) in [5.74, 6) is 0.466. The van der Waals surface area contributed by atoms with Crippen LogP contribution in [-0.4, -0.2) is 111 Å². The van der Waals surface area contributed by atoms with Crippen molar-refractivity contribution < 1.29 is 90.4 Å². The number of aromatic carboxylic acids is 1. The predicted octanol–water partition coefficient (Wildman–Crippen LogP) is 10.6. The molecule has 0 spiro atoms. The first kappa shape index (κ1) is 82.6. The van der Waals surface area contributed by atoms with Crippen LogP contribution < -0.4 is 24.6 Å². The number of aromatic nitrogens is 3. The number of aliphatic carboxylic acids is 1. The molecule has 1 amide bonds. The van der Waals surface area contributed by atoms with E-state index < -0.39 is 43.7 Å². The van der Waals surface area contributed by atoms with Crippen LogP contribution in [0, 0.1) is 31.6 Å². The van der Waals surface area contributed by atoms with Gasteiger partial charge in [0.15, 0.2) is 28.5 Å². The van der Waals surface area contributed by atoms with Crippen LogP contribution in [0.2, 0.25) is 0 Å². The molecule has 5 fully saturated rings. The van der Waals surface area contributed by atoms with E-state index in [1.165, 1.54) is 103 Å². The maximum absolute atomic E-state index is 11.7. The number of Topliss-reactive ketones (excluding diaryl/α,β-unsaturated/α-hetero) is 1. The molecular formula is C61H101AlCl3LiN4O15S. The quantitative estimate of drug-likeness (QED) is 0.0499. The normalized spacial score (nSPS) is 18.8. The number of carbonyl (C=O) groups excluding carboxylic acids is 4. The molecule has 0 saturated heterocycles. The van der Waals surface area contributed by atoms with Gasteiger partial charge in [0.1, 0.15) is 5.76 Å². The van der Waals surface area contributed by atoms with E-state index in [1.807, 2.05) is 20.8 Å². The van der Waals surface area contributed by atoms with Gasteiger partial charge >= 0.3 is 42.7 Å². The number of nitrogens with zero attached hydrogens (tertiary/aromatic N) is 3. The molecule has 1 unspecified atom stereocenters. The molecule has 486 valence electrons. The fourth-order valence-electron chi connectivity index (χ4n) is 10.8. The van der Waals surface area contributed by atoms with Crippen molar-refractivity contribution in [1.29, 1.82) is 0 Å². The molecule has 5 saturated carbocycles. The Morgan fingerprint density at radius 3 is 1.17 bits per heavy atom. The average molecular weight is 1300 g/mol. The van der Waals surface area contributed by atoms with Crippen LogP contribution in [0.4, 0.5) is 0 Å². The van der Waals surface area contributed by atoms with E-state index in [0.717, 1.165) is 87.8 Å². The van der Waals surface area contributed by atoms with Crippen LogP contribution in [0.5, 0.6) is 0 Å². The fraction of sp³-hybridized carbons (Fsp3) is 0.754. The molecule has 3 heterocycles. The van der Waals surface area contributed by atoms with Crippen LogP contribution in [0.15, 0.2) is 13.3 Å². The van der Waals surface area contributed by atoms with Gasteiger partial charge in [0, 0.05) is 32.3 Å². The zero-order chi connectivity index (χ0) is 63.7. The van der Waals surface area contributed by atoms with E-state index in [9.17, 15) is 37.2 Å². The summed E-state index contributed by atoms with van der Waals surface area (Å²) in [4.78, 5) is 78.5. The molecule has 5 aliphatic rings. The van der Waals surface area contributed by atoms with Gasteiger partial charge < -0.3 is 40.1 Å². The summed E-state index contributed by atoms with van der Waals surface area (Å²) in [6.45, 7) is 21.1. The maximum Gasteiger partial charge on any atom is 1.00 e. The van der Waals surface area contributed by atoms with Crippen LogP contribution in [-0.2, 0) is 59.8 Å². The number of oxazole rings is 3. The monoisotopic (exact) mass is 1300 g/mol. The zero-order valence-corrected chi connectivity index (χ0v) is 56.1. The number of hydrogen-bond donors (Lipinski definition) is 3. The molecule has 1 atom stereocenters. The number of rotatable bonds is 12. The molecule has 4 N–H and O–H groups in total. The van der Waals surface area contributed by atoms with Gasteiger partial charge in [0.2, 0.25) is 44.2 Å². The molecule has 0 aliphatic heterocycles. The van der Waals surface area contributed by atoms with Crippen molar-refractivity contribution >= 4 is 95.9 Å². The van der Waals surface area contributed by atoms with Crippen LogP contribution in [0.25, 0.3) is 0 Å². The van der Waals surface area contributed by atoms with Crippen molar-refractivity contribution in [3.8, 4) is 0 Å². The van der Waals surface area contributed by atoms with E-state index in [2.05, 4.69) is 51.1 Å². The van der Waals surface area contributed by atoms with Crippen molar-refractivity contribution in [3.05, 3.63) is 52.0 Å². The third kappa shape index (κ3) is 27.4. The molecule has 8 rings (SSSR count). The first-order valence-electron chi connectivity index (χ1n) is 29.8. The Hall–Kier alpha value is -3.40. The van der Waals surface area contributed by atoms with Crippen molar-refractivity contribution in [3.63, 3.8) is 0 Å². The number of carbonyl (C=O) groups is 6. The Balaban J connectivity index is 0. The largest absolute Gasteiger partial charge is 1.00 e. The molecule has 3 aromatic heterocycles. The van der Waals surface area contributed by atoms with Gasteiger partial charge in [-0.05, 0) is 113 Å². The van der Waals surface area contributed by atoms with Gasteiger partial charge in [-0.15, -0.1) is 23.2 Å². The summed E-state index contributed by atoms with van der Waals surface area (Å²) in [6.07, 6.45) is 29.4. The maximum atomic E-state index is 11.7. The van der Waals surface area contributed by atoms with Crippen molar-refractivity contribution in [2.75, 3.05) is 19.5 Å². The first-order valence-corrected chi connectivity index (χ1v) is 33.5. The summed E-state index contributed by atoms with van der Waals surface area (Å²) >= 11 is 11.1. The number of carboxylic acid groups (broad SMARTS) is 2. The third-order valence-electron chi connectivity index (χ3n) is 16.6. The Morgan fingerprint density at radius 1 is 0.593 bits per heavy atom. The molecule has 0 radical (unpaired) electrons. The smallest absolute Gasteiger partial charge is 1.00 e. The van der Waals surface area contributed by atoms with Gasteiger partial charge in [-0.3, -0.25) is 14.4 Å². The van der Waals surface area contributed by atoms with Crippen molar-refractivity contribution in [2.24, 2.45) is 16.6 Å². The van der Waals surface area contributed by atoms with Gasteiger partial charge in [-0.1, -0.05) is 124 Å². The Kier molecular flexibility index (Phi) is 37.4. The number of halogens is 3. The SMILES string of the molecule is CC1(C(=O)O)CCCCC1.CC1(C(N)=O)CCCCC1.CCOC(=O)C(Cl)C(C)=O.CCOC(=O)c1oc(C2(C)CCCCC2)nc1C.CS(=O)(=O)Cl.Cc1nc(C2(C)CCCCC2)oc1C(=O)O.Cc1nc(C2(C)CCCCC2)oc1CCl.[AlH3].[H-].[Li+]. The predicted molar refractivity (Wildman–Crippen MR) is 335 cm³/mol. The Bertz CT molecular complexity index is 2650. The van der Waals surface area contributed by atoms with Crippen molar-refractivity contribution in [2.45, 2.75) is 264 Å². The second kappa shape index (κ2) is 39.0. The number of primary amides is 1. The molecule has 86 heavy (non-hydrogen) atoms. The number of alkyl halides is 2. The molecule has 19 nitrogen and oxygen atoms in total. The number of aryl methyl sites for hydroxylation is 3. The molecule has 0 aromatic carbocycles. The zero-order valence-electron chi connectivity index (χ0n) is 54.0. The molecule has 25 heteroatoms. The minimum absolute atomic E-state index is 0.